The Morgan fingerprint density at radius 3 is 2.69 bits per heavy atom. The van der Waals surface area contributed by atoms with Crippen LogP contribution >= 0.6 is 11.6 Å². The Hall–Kier alpha value is -3.23. The summed E-state index contributed by atoms with van der Waals surface area (Å²) in [5.74, 6) is -0.113. The molecule has 3 aromatic rings. The van der Waals surface area contributed by atoms with E-state index >= 15 is 0 Å². The molecule has 1 aliphatic rings. The molecule has 3 heterocycles. The summed E-state index contributed by atoms with van der Waals surface area (Å²) >= 11 is 5.99. The Labute approximate surface area is 171 Å². The van der Waals surface area contributed by atoms with Crippen molar-refractivity contribution in [2.45, 2.75) is 12.1 Å². The van der Waals surface area contributed by atoms with Crippen LogP contribution in [-0.2, 0) is 15.2 Å². The second kappa shape index (κ2) is 7.31. The van der Waals surface area contributed by atoms with Gasteiger partial charge in [-0.15, -0.1) is 0 Å². The molecule has 0 aliphatic carbocycles. The first-order valence-corrected chi connectivity index (χ1v) is 9.19. The van der Waals surface area contributed by atoms with E-state index in [1.54, 1.807) is 48.5 Å². The van der Waals surface area contributed by atoms with E-state index in [1.807, 2.05) is 0 Å². The quantitative estimate of drug-likeness (QED) is 0.644. The number of primary amides is 1. The largest absolute Gasteiger partial charge is 0.418 e. The number of rotatable bonds is 5. The van der Waals surface area contributed by atoms with Gasteiger partial charge in [0.15, 0.2) is 5.65 Å². The van der Waals surface area contributed by atoms with Crippen LogP contribution in [0.5, 0.6) is 0 Å². The molecule has 29 heavy (non-hydrogen) atoms. The number of fused-ring (bicyclic) bond motifs is 2. The van der Waals surface area contributed by atoms with Crippen LogP contribution in [-0.4, -0.2) is 35.7 Å². The lowest BCUT2D eigenvalue weighted by Crippen LogP contribution is -2.49. The number of halogens is 1. The molecule has 0 fully saturated rings. The van der Waals surface area contributed by atoms with Gasteiger partial charge >= 0.3 is 6.09 Å². The predicted molar refractivity (Wildman–Crippen MR) is 107 cm³/mol. The van der Waals surface area contributed by atoms with Crippen molar-refractivity contribution in [1.29, 1.82) is 0 Å². The summed E-state index contributed by atoms with van der Waals surface area (Å²) < 4.78 is 10.8. The summed E-state index contributed by atoms with van der Waals surface area (Å²) in [6.45, 7) is 0.211. The second-order valence-electron chi connectivity index (χ2n) is 6.48. The first kappa shape index (κ1) is 19.1. The Bertz CT molecular complexity index is 1120. The van der Waals surface area contributed by atoms with Gasteiger partial charge in [-0.1, -0.05) is 29.8 Å². The normalized spacial score (nSPS) is 18.1. The third-order valence-corrected chi connectivity index (χ3v) is 5.00. The molecule has 2 aromatic heterocycles. The number of benzene rings is 1. The maximum absolute atomic E-state index is 13.3. The van der Waals surface area contributed by atoms with Crippen LogP contribution in [0.1, 0.15) is 22.3 Å². The highest BCUT2D eigenvalue weighted by Crippen LogP contribution is 2.45. The standard InChI is InChI=1S/C20H17ClN4O4/c1-28-11-10-20(29-19(22)27)14-5-3-2-4-13(14)18(26)25(20)16-9-7-12-6-8-15(21)23-17(12)24-16/h2-9H,10-11H2,1H3,(H2,22,27). The SMILES string of the molecule is COCCC1(OC(N)=O)c2ccccc2C(=O)N1c1ccc2ccc(Cl)nc2n1. The number of carbonyl (C=O) groups excluding carboxylic acids is 2. The Kier molecular flexibility index (Phi) is 4.81. The van der Waals surface area contributed by atoms with E-state index in [0.29, 0.717) is 16.8 Å². The zero-order valence-corrected chi connectivity index (χ0v) is 16.2. The average Bonchev–Trinajstić information content (AvgIpc) is 2.94. The highest BCUT2D eigenvalue weighted by molar-refractivity contribution is 6.29. The summed E-state index contributed by atoms with van der Waals surface area (Å²) in [6.07, 6.45) is -0.852. The predicted octanol–water partition coefficient (Wildman–Crippen LogP) is 3.23. The Balaban J connectivity index is 1.94. The van der Waals surface area contributed by atoms with Gasteiger partial charge in [0.25, 0.3) is 5.91 Å². The van der Waals surface area contributed by atoms with Crippen LogP contribution in [0.3, 0.4) is 0 Å². The van der Waals surface area contributed by atoms with E-state index in [2.05, 4.69) is 9.97 Å². The number of pyridine rings is 2. The number of amides is 2. The first-order valence-electron chi connectivity index (χ1n) is 8.81. The molecule has 1 aromatic carbocycles. The monoisotopic (exact) mass is 412 g/mol. The van der Waals surface area contributed by atoms with Crippen LogP contribution in [0.4, 0.5) is 10.6 Å². The van der Waals surface area contributed by atoms with E-state index < -0.39 is 11.8 Å². The molecule has 0 bridgehead atoms. The molecule has 1 aliphatic heterocycles. The molecule has 0 radical (unpaired) electrons. The number of anilines is 1. The Morgan fingerprint density at radius 2 is 1.93 bits per heavy atom. The van der Waals surface area contributed by atoms with E-state index in [9.17, 15) is 9.59 Å². The van der Waals surface area contributed by atoms with Crippen LogP contribution in [0.2, 0.25) is 5.15 Å². The van der Waals surface area contributed by atoms with E-state index in [1.165, 1.54) is 12.0 Å². The lowest BCUT2D eigenvalue weighted by molar-refractivity contribution is -0.00598. The van der Waals surface area contributed by atoms with Gasteiger partial charge in [-0.25, -0.2) is 19.7 Å². The van der Waals surface area contributed by atoms with Gasteiger partial charge < -0.3 is 15.2 Å². The first-order chi connectivity index (χ1) is 14.0. The lowest BCUT2D eigenvalue weighted by atomic mass is 9.98. The molecule has 1 unspecified atom stereocenters. The maximum atomic E-state index is 13.3. The lowest BCUT2D eigenvalue weighted by Gasteiger charge is -2.37. The number of nitrogens with two attached hydrogens (primary N) is 1. The van der Waals surface area contributed by atoms with E-state index in [0.717, 1.165) is 5.39 Å². The van der Waals surface area contributed by atoms with Gasteiger partial charge in [0, 0.05) is 30.0 Å². The van der Waals surface area contributed by atoms with Gasteiger partial charge in [0.2, 0.25) is 5.72 Å². The molecule has 9 heteroatoms. The highest BCUT2D eigenvalue weighted by Gasteiger charge is 2.54. The van der Waals surface area contributed by atoms with Gasteiger partial charge in [0.05, 0.1) is 6.61 Å². The second-order valence-corrected chi connectivity index (χ2v) is 6.87. The molecule has 1 atom stereocenters. The summed E-state index contributed by atoms with van der Waals surface area (Å²) in [7, 11) is 1.52. The molecule has 0 spiro atoms. The molecule has 0 saturated heterocycles. The van der Waals surface area contributed by atoms with Gasteiger partial charge in [-0.05, 0) is 30.3 Å². The minimum Gasteiger partial charge on any atom is -0.418 e. The molecule has 4 rings (SSSR count). The fraction of sp³-hybridized carbons (Fsp3) is 0.200. The number of ether oxygens (including phenoxy) is 2. The minimum atomic E-state index is -1.49. The van der Waals surface area contributed by atoms with Crippen LogP contribution in [0.15, 0.2) is 48.5 Å². The van der Waals surface area contributed by atoms with Gasteiger partial charge in [0.1, 0.15) is 11.0 Å². The van der Waals surface area contributed by atoms with E-state index in [4.69, 9.17) is 26.8 Å². The number of carbonyl (C=O) groups is 2. The van der Waals surface area contributed by atoms with Crippen molar-refractivity contribution in [3.05, 3.63) is 64.8 Å². The number of hydrogen-bond acceptors (Lipinski definition) is 6. The third-order valence-electron chi connectivity index (χ3n) is 4.79. The zero-order chi connectivity index (χ0) is 20.6. The van der Waals surface area contributed by atoms with Crippen molar-refractivity contribution < 1.29 is 19.1 Å². The zero-order valence-electron chi connectivity index (χ0n) is 15.5. The fourth-order valence-electron chi connectivity index (χ4n) is 3.60. The minimum absolute atomic E-state index is 0.165. The van der Waals surface area contributed by atoms with Crippen molar-refractivity contribution in [2.75, 3.05) is 18.6 Å². The van der Waals surface area contributed by atoms with Crippen LogP contribution in [0.25, 0.3) is 11.0 Å². The molecule has 2 amide bonds. The molecule has 8 nitrogen and oxygen atoms in total. The van der Waals surface area contributed by atoms with Crippen LogP contribution in [0, 0.1) is 0 Å². The molecular formula is C20H17ClN4O4. The smallest absolute Gasteiger partial charge is 0.406 e. The van der Waals surface area contributed by atoms with Crippen molar-refractivity contribution in [2.24, 2.45) is 5.73 Å². The summed E-state index contributed by atoms with van der Waals surface area (Å²) in [4.78, 5) is 35.2. The Morgan fingerprint density at radius 1 is 1.17 bits per heavy atom. The topological polar surface area (TPSA) is 108 Å². The number of aromatic nitrogens is 2. The summed E-state index contributed by atoms with van der Waals surface area (Å²) in [5, 5.41) is 1.03. The van der Waals surface area contributed by atoms with Gasteiger partial charge in [-0.3, -0.25) is 4.79 Å². The third kappa shape index (κ3) is 3.16. The molecule has 148 valence electrons. The molecule has 0 saturated carbocycles. The van der Waals surface area contributed by atoms with Gasteiger partial charge in [-0.2, -0.15) is 0 Å². The van der Waals surface area contributed by atoms with Crippen molar-refractivity contribution >= 4 is 40.5 Å². The fourth-order valence-corrected chi connectivity index (χ4v) is 3.74. The average molecular weight is 413 g/mol. The number of methoxy groups -OCH3 is 1. The van der Waals surface area contributed by atoms with E-state index in [-0.39, 0.29) is 29.9 Å². The van der Waals surface area contributed by atoms with Crippen molar-refractivity contribution in [1.82, 2.24) is 9.97 Å². The maximum Gasteiger partial charge on any atom is 0.406 e. The number of hydrogen-bond donors (Lipinski definition) is 1. The van der Waals surface area contributed by atoms with Crippen molar-refractivity contribution in [3.8, 4) is 0 Å². The highest BCUT2D eigenvalue weighted by atomic mass is 35.5. The summed E-state index contributed by atoms with van der Waals surface area (Å²) in [5.41, 5.74) is 5.17. The molecule has 2 N–H and O–H groups in total. The molecular weight excluding hydrogens is 396 g/mol. The van der Waals surface area contributed by atoms with Crippen LogP contribution < -0.4 is 10.6 Å². The van der Waals surface area contributed by atoms with Crippen molar-refractivity contribution in [3.63, 3.8) is 0 Å². The number of nitrogens with zero attached hydrogens (tertiary/aromatic N) is 3. The summed E-state index contributed by atoms with van der Waals surface area (Å²) in [6, 6.07) is 13.7.